The van der Waals surface area contributed by atoms with Crippen molar-refractivity contribution in [1.29, 1.82) is 0 Å². The lowest BCUT2D eigenvalue weighted by Crippen LogP contribution is -2.11. The summed E-state index contributed by atoms with van der Waals surface area (Å²) in [5.41, 5.74) is 9.08. The molecule has 0 radical (unpaired) electrons. The highest BCUT2D eigenvalue weighted by Gasteiger charge is 1.82. The molecule has 8 heteroatoms. The van der Waals surface area contributed by atoms with Crippen LogP contribution in [0.4, 0.5) is 9.59 Å². The molecule has 0 aromatic heterocycles. The Balaban J connectivity index is -0.000000162. The number of nitrogens with two attached hydrogens (primary N) is 2. The molecular weight excluding hydrogens is 220 g/mol. The largest absolute Gasteiger partial charge is 0.450 e. The molecule has 0 aliphatic carbocycles. The van der Waals surface area contributed by atoms with Crippen LogP contribution in [-0.4, -0.2) is 48.8 Å². The molecule has 0 heterocycles. The fourth-order valence-corrected chi connectivity index (χ4v) is 0.285. The third-order valence-corrected chi connectivity index (χ3v) is 0.673. The summed E-state index contributed by atoms with van der Waals surface area (Å²) in [4.78, 5) is 19.2. The first kappa shape index (κ1) is 19.9. The van der Waals surface area contributed by atoms with Crippen LogP contribution in [0.15, 0.2) is 0 Å². The van der Waals surface area contributed by atoms with Crippen molar-refractivity contribution in [2.45, 2.75) is 13.8 Å². The predicted molar refractivity (Wildman–Crippen MR) is 56.6 cm³/mol. The molecule has 0 fully saturated rings. The predicted octanol–water partition coefficient (Wildman–Crippen LogP) is -0.826. The number of hydrogen-bond donors (Lipinski definition) is 4. The highest BCUT2D eigenvalue weighted by Crippen LogP contribution is 1.66. The van der Waals surface area contributed by atoms with E-state index in [1.807, 2.05) is 0 Å². The second-order valence-corrected chi connectivity index (χ2v) is 1.95. The van der Waals surface area contributed by atoms with Crippen LogP contribution in [-0.2, 0) is 9.47 Å². The Morgan fingerprint density at radius 1 is 0.938 bits per heavy atom. The van der Waals surface area contributed by atoms with Gasteiger partial charge in [0, 0.05) is 0 Å². The molecular formula is C8H20N2O6. The van der Waals surface area contributed by atoms with Crippen LogP contribution in [0.3, 0.4) is 0 Å². The Labute approximate surface area is 94.1 Å². The number of hydrogen-bond acceptors (Lipinski definition) is 6. The number of carbonyl (C=O) groups excluding carboxylic acids is 2. The quantitative estimate of drug-likeness (QED) is 0.506. The molecule has 0 aromatic carbocycles. The van der Waals surface area contributed by atoms with Crippen LogP contribution in [0.1, 0.15) is 13.8 Å². The minimum atomic E-state index is -0.711. The van der Waals surface area contributed by atoms with Crippen LogP contribution in [0.5, 0.6) is 0 Å². The van der Waals surface area contributed by atoms with Gasteiger partial charge >= 0.3 is 12.2 Å². The second kappa shape index (κ2) is 19.1. The van der Waals surface area contributed by atoms with E-state index in [0.717, 1.165) is 0 Å². The minimum Gasteiger partial charge on any atom is -0.450 e. The average Bonchev–Trinajstić information content (AvgIpc) is 2.18. The fraction of sp³-hybridized carbons (Fsp3) is 0.750. The standard InChI is InChI=1S/2C3H7NO2.C2H6O2/c2*1-2-6-3(4)5;3-1-2-4/h2*2H2,1H3,(H2,4,5);3-4H,1-2H2. The molecule has 6 N–H and O–H groups in total. The summed E-state index contributed by atoms with van der Waals surface area (Å²) in [7, 11) is 0. The summed E-state index contributed by atoms with van der Waals surface area (Å²) in [5, 5.41) is 15.2. The molecule has 0 aromatic rings. The van der Waals surface area contributed by atoms with Crippen molar-refractivity contribution in [3.05, 3.63) is 0 Å². The topological polar surface area (TPSA) is 145 Å². The van der Waals surface area contributed by atoms with Gasteiger partial charge in [0.1, 0.15) is 0 Å². The zero-order chi connectivity index (χ0) is 13.4. The fourth-order valence-electron chi connectivity index (χ4n) is 0.285. The van der Waals surface area contributed by atoms with Crippen molar-refractivity contribution >= 4 is 12.2 Å². The third-order valence-electron chi connectivity index (χ3n) is 0.673. The number of primary amides is 2. The van der Waals surface area contributed by atoms with Gasteiger partial charge in [0.15, 0.2) is 0 Å². The molecule has 0 bridgehead atoms. The number of aliphatic hydroxyl groups excluding tert-OH is 2. The van der Waals surface area contributed by atoms with Crippen LogP contribution >= 0.6 is 0 Å². The Morgan fingerprint density at radius 2 is 1.19 bits per heavy atom. The van der Waals surface area contributed by atoms with Gasteiger partial charge in [0.25, 0.3) is 0 Å². The van der Waals surface area contributed by atoms with E-state index in [9.17, 15) is 9.59 Å². The van der Waals surface area contributed by atoms with Gasteiger partial charge in [-0.05, 0) is 13.8 Å². The number of carbonyl (C=O) groups is 2. The summed E-state index contributed by atoms with van der Waals surface area (Å²) in [6.07, 6.45) is -1.42. The Hall–Kier alpha value is -1.54. The summed E-state index contributed by atoms with van der Waals surface area (Å²) in [6, 6.07) is 0. The van der Waals surface area contributed by atoms with E-state index in [0.29, 0.717) is 13.2 Å². The van der Waals surface area contributed by atoms with Crippen molar-refractivity contribution in [3.8, 4) is 0 Å². The van der Waals surface area contributed by atoms with Crippen molar-refractivity contribution in [3.63, 3.8) is 0 Å². The lowest BCUT2D eigenvalue weighted by molar-refractivity contribution is 0.162. The Morgan fingerprint density at radius 3 is 1.19 bits per heavy atom. The number of rotatable bonds is 3. The molecule has 0 saturated carbocycles. The molecule has 8 nitrogen and oxygen atoms in total. The summed E-state index contributed by atoms with van der Waals surface area (Å²) >= 11 is 0. The van der Waals surface area contributed by atoms with Gasteiger partial charge in [-0.1, -0.05) is 0 Å². The molecule has 16 heavy (non-hydrogen) atoms. The van der Waals surface area contributed by atoms with Crippen LogP contribution < -0.4 is 11.5 Å². The lowest BCUT2D eigenvalue weighted by atomic mass is 10.8. The van der Waals surface area contributed by atoms with Gasteiger partial charge in [-0.3, -0.25) is 0 Å². The van der Waals surface area contributed by atoms with E-state index in [2.05, 4.69) is 20.9 Å². The van der Waals surface area contributed by atoms with E-state index >= 15 is 0 Å². The summed E-state index contributed by atoms with van der Waals surface area (Å²) < 4.78 is 8.36. The molecule has 0 atom stereocenters. The van der Waals surface area contributed by atoms with Crippen LogP contribution in [0, 0.1) is 0 Å². The van der Waals surface area contributed by atoms with Crippen LogP contribution in [0.2, 0.25) is 0 Å². The Bertz CT molecular complexity index is 147. The van der Waals surface area contributed by atoms with Crippen molar-refractivity contribution in [1.82, 2.24) is 0 Å². The minimum absolute atomic E-state index is 0.125. The van der Waals surface area contributed by atoms with Crippen LogP contribution in [0.25, 0.3) is 0 Å². The van der Waals surface area contributed by atoms with Gasteiger partial charge in [-0.25, -0.2) is 9.59 Å². The summed E-state index contributed by atoms with van der Waals surface area (Å²) in [6.45, 7) is 3.86. The van der Waals surface area contributed by atoms with Gasteiger partial charge in [-0.15, -0.1) is 0 Å². The van der Waals surface area contributed by atoms with Crippen molar-refractivity contribution in [2.75, 3.05) is 26.4 Å². The first-order chi connectivity index (χ1) is 7.45. The van der Waals surface area contributed by atoms with E-state index in [-0.39, 0.29) is 13.2 Å². The number of ether oxygens (including phenoxy) is 2. The SMILES string of the molecule is CCOC(N)=O.CCOC(N)=O.OCCO. The van der Waals surface area contributed by atoms with Crippen molar-refractivity contribution in [2.24, 2.45) is 11.5 Å². The molecule has 2 amide bonds. The van der Waals surface area contributed by atoms with Gasteiger partial charge < -0.3 is 31.2 Å². The monoisotopic (exact) mass is 240 g/mol. The second-order valence-electron chi connectivity index (χ2n) is 1.95. The van der Waals surface area contributed by atoms with Gasteiger partial charge in [-0.2, -0.15) is 0 Å². The number of aliphatic hydroxyl groups is 2. The van der Waals surface area contributed by atoms with E-state index in [1.54, 1.807) is 13.8 Å². The maximum absolute atomic E-state index is 9.60. The zero-order valence-corrected chi connectivity index (χ0v) is 9.51. The van der Waals surface area contributed by atoms with Gasteiger partial charge in [0.05, 0.1) is 26.4 Å². The van der Waals surface area contributed by atoms with E-state index in [1.165, 1.54) is 0 Å². The maximum atomic E-state index is 9.60. The molecule has 0 aliphatic rings. The highest BCUT2D eigenvalue weighted by atomic mass is 16.5. The lowest BCUT2D eigenvalue weighted by Gasteiger charge is -1.89. The van der Waals surface area contributed by atoms with Gasteiger partial charge in [0.2, 0.25) is 0 Å². The number of amides is 2. The Kier molecular flexibility index (Phi) is 23.8. The zero-order valence-electron chi connectivity index (χ0n) is 9.51. The third kappa shape index (κ3) is 54.9. The van der Waals surface area contributed by atoms with E-state index < -0.39 is 12.2 Å². The molecule has 0 rings (SSSR count). The average molecular weight is 240 g/mol. The smallest absolute Gasteiger partial charge is 0.404 e. The molecule has 0 aliphatic heterocycles. The first-order valence-electron chi connectivity index (χ1n) is 4.52. The molecule has 98 valence electrons. The maximum Gasteiger partial charge on any atom is 0.404 e. The molecule has 0 saturated heterocycles. The summed E-state index contributed by atoms with van der Waals surface area (Å²) in [5.74, 6) is 0. The normalized spacial score (nSPS) is 7.50. The highest BCUT2D eigenvalue weighted by molar-refractivity contribution is 5.64. The van der Waals surface area contributed by atoms with E-state index in [4.69, 9.17) is 10.2 Å². The molecule has 0 unspecified atom stereocenters. The molecule has 0 spiro atoms. The first-order valence-corrected chi connectivity index (χ1v) is 4.52. The van der Waals surface area contributed by atoms with Crippen molar-refractivity contribution < 1.29 is 29.3 Å².